The Balaban J connectivity index is 2.53. The highest BCUT2D eigenvalue weighted by Crippen LogP contribution is 2.33. The summed E-state index contributed by atoms with van der Waals surface area (Å²) < 4.78 is 0. The van der Waals surface area contributed by atoms with E-state index in [-0.39, 0.29) is 5.56 Å². The highest BCUT2D eigenvalue weighted by atomic mass is 16.4. The van der Waals surface area contributed by atoms with Crippen molar-refractivity contribution in [2.75, 3.05) is 0 Å². The molecule has 1 aromatic carbocycles. The summed E-state index contributed by atoms with van der Waals surface area (Å²) in [5.74, 6) is -0.928. The van der Waals surface area contributed by atoms with E-state index in [0.29, 0.717) is 22.0 Å². The first-order valence-corrected chi connectivity index (χ1v) is 6.29. The fraction of sp³-hybridized carbons (Fsp3) is 0.200. The average Bonchev–Trinajstić information content (AvgIpc) is 2.85. The second kappa shape index (κ2) is 3.96. The Kier molecular flexibility index (Phi) is 2.47. The standard InChI is InChI=1S/C15H14N2O3/c1-15(2,14(19)20)9-7-16-12-11(9)8-5-3-4-6-10(8)17-13(12)18/h3-7,16H,1-2H3,(H,17,18)(H,19,20). The highest BCUT2D eigenvalue weighted by molar-refractivity contribution is 6.08. The monoisotopic (exact) mass is 270 g/mol. The fourth-order valence-corrected chi connectivity index (χ4v) is 2.49. The molecule has 0 atom stereocenters. The minimum absolute atomic E-state index is 0.244. The lowest BCUT2D eigenvalue weighted by molar-refractivity contribution is -0.142. The molecule has 0 aliphatic carbocycles. The first-order chi connectivity index (χ1) is 9.43. The smallest absolute Gasteiger partial charge is 0.313 e. The third-order valence-electron chi connectivity index (χ3n) is 3.76. The van der Waals surface area contributed by atoms with E-state index in [0.717, 1.165) is 5.39 Å². The van der Waals surface area contributed by atoms with E-state index < -0.39 is 11.4 Å². The van der Waals surface area contributed by atoms with Crippen LogP contribution >= 0.6 is 0 Å². The first kappa shape index (κ1) is 12.5. The topological polar surface area (TPSA) is 85.9 Å². The quantitative estimate of drug-likeness (QED) is 0.668. The summed E-state index contributed by atoms with van der Waals surface area (Å²) in [4.78, 5) is 29.2. The molecule has 0 unspecified atom stereocenters. The number of carboxylic acid groups (broad SMARTS) is 1. The van der Waals surface area contributed by atoms with Crippen LogP contribution in [0.2, 0.25) is 0 Å². The lowest BCUT2D eigenvalue weighted by Crippen LogP contribution is -2.28. The summed E-state index contributed by atoms with van der Waals surface area (Å²) in [5, 5.41) is 10.9. The Labute approximate surface area is 114 Å². The number of benzene rings is 1. The molecule has 0 spiro atoms. The molecule has 0 saturated heterocycles. The number of fused-ring (bicyclic) bond motifs is 3. The summed E-state index contributed by atoms with van der Waals surface area (Å²) in [6.45, 7) is 3.27. The van der Waals surface area contributed by atoms with Crippen LogP contribution < -0.4 is 5.56 Å². The molecule has 2 heterocycles. The number of hydrogen-bond acceptors (Lipinski definition) is 2. The van der Waals surface area contributed by atoms with Crippen LogP contribution in [0.25, 0.3) is 21.8 Å². The Hall–Kier alpha value is -2.56. The molecule has 0 fully saturated rings. The van der Waals surface area contributed by atoms with Crippen LogP contribution in [0, 0.1) is 0 Å². The average molecular weight is 270 g/mol. The normalized spacial score (nSPS) is 12.1. The SMILES string of the molecule is CC(C)(C(=O)O)c1c[nH]c2c(=O)[nH]c3ccccc3c12. The Bertz CT molecular complexity index is 887. The number of hydrogen-bond donors (Lipinski definition) is 3. The van der Waals surface area contributed by atoms with Gasteiger partial charge in [0.25, 0.3) is 5.56 Å². The largest absolute Gasteiger partial charge is 0.481 e. The molecule has 102 valence electrons. The third-order valence-corrected chi connectivity index (χ3v) is 3.76. The Morgan fingerprint density at radius 3 is 2.65 bits per heavy atom. The number of carbonyl (C=O) groups is 1. The van der Waals surface area contributed by atoms with Gasteiger partial charge in [0, 0.05) is 22.5 Å². The molecule has 5 nitrogen and oxygen atoms in total. The second-order valence-electron chi connectivity index (χ2n) is 5.38. The predicted octanol–water partition coefficient (Wildman–Crippen LogP) is 2.37. The van der Waals surface area contributed by atoms with Crippen molar-refractivity contribution >= 4 is 27.8 Å². The van der Waals surface area contributed by atoms with E-state index in [9.17, 15) is 14.7 Å². The van der Waals surface area contributed by atoms with Gasteiger partial charge in [-0.1, -0.05) is 18.2 Å². The van der Waals surface area contributed by atoms with Crippen LogP contribution in [-0.2, 0) is 10.2 Å². The van der Waals surface area contributed by atoms with E-state index in [4.69, 9.17) is 0 Å². The summed E-state index contributed by atoms with van der Waals surface area (Å²) in [7, 11) is 0. The number of aromatic amines is 2. The molecule has 0 bridgehead atoms. The fourth-order valence-electron chi connectivity index (χ4n) is 2.49. The van der Waals surface area contributed by atoms with Gasteiger partial charge in [0.05, 0.1) is 5.41 Å². The number of aliphatic carboxylic acids is 1. The molecule has 0 aliphatic heterocycles. The predicted molar refractivity (Wildman–Crippen MR) is 77.1 cm³/mol. The van der Waals surface area contributed by atoms with Gasteiger partial charge < -0.3 is 15.1 Å². The van der Waals surface area contributed by atoms with E-state index in [1.54, 1.807) is 26.1 Å². The molecule has 20 heavy (non-hydrogen) atoms. The van der Waals surface area contributed by atoms with Gasteiger partial charge >= 0.3 is 5.97 Å². The van der Waals surface area contributed by atoms with Crippen molar-refractivity contribution in [2.24, 2.45) is 0 Å². The van der Waals surface area contributed by atoms with Gasteiger partial charge in [-0.25, -0.2) is 0 Å². The zero-order valence-corrected chi connectivity index (χ0v) is 11.2. The molecular weight excluding hydrogens is 256 g/mol. The van der Waals surface area contributed by atoms with Crippen molar-refractivity contribution in [2.45, 2.75) is 19.3 Å². The number of nitrogens with one attached hydrogen (secondary N) is 2. The highest BCUT2D eigenvalue weighted by Gasteiger charge is 2.33. The molecule has 2 aromatic heterocycles. The van der Waals surface area contributed by atoms with Gasteiger partial charge in [-0.05, 0) is 25.5 Å². The lowest BCUT2D eigenvalue weighted by atomic mass is 9.84. The van der Waals surface area contributed by atoms with E-state index in [1.807, 2.05) is 18.2 Å². The van der Waals surface area contributed by atoms with Crippen molar-refractivity contribution in [3.05, 3.63) is 46.4 Å². The van der Waals surface area contributed by atoms with Crippen LogP contribution in [-0.4, -0.2) is 21.0 Å². The maximum Gasteiger partial charge on any atom is 0.313 e. The van der Waals surface area contributed by atoms with Crippen LogP contribution in [0.15, 0.2) is 35.3 Å². The van der Waals surface area contributed by atoms with E-state index in [2.05, 4.69) is 9.97 Å². The van der Waals surface area contributed by atoms with Crippen molar-refractivity contribution in [1.29, 1.82) is 0 Å². The second-order valence-corrected chi connectivity index (χ2v) is 5.38. The number of H-pyrrole nitrogens is 2. The number of para-hydroxylation sites is 1. The minimum atomic E-state index is -1.07. The maximum atomic E-state index is 12.1. The zero-order chi connectivity index (χ0) is 14.5. The first-order valence-electron chi connectivity index (χ1n) is 6.29. The van der Waals surface area contributed by atoms with Gasteiger partial charge in [-0.2, -0.15) is 0 Å². The van der Waals surface area contributed by atoms with E-state index >= 15 is 0 Å². The minimum Gasteiger partial charge on any atom is -0.481 e. The van der Waals surface area contributed by atoms with Gasteiger partial charge in [0.2, 0.25) is 0 Å². The van der Waals surface area contributed by atoms with Crippen molar-refractivity contribution in [1.82, 2.24) is 9.97 Å². The van der Waals surface area contributed by atoms with Gasteiger partial charge in [0.1, 0.15) is 5.52 Å². The van der Waals surface area contributed by atoms with Crippen molar-refractivity contribution < 1.29 is 9.90 Å². The molecule has 0 saturated carbocycles. The molecule has 5 heteroatoms. The molecule has 3 N–H and O–H groups in total. The Morgan fingerprint density at radius 1 is 1.25 bits per heavy atom. The number of pyridine rings is 1. The van der Waals surface area contributed by atoms with Crippen molar-refractivity contribution in [3.8, 4) is 0 Å². The number of aromatic nitrogens is 2. The summed E-state index contributed by atoms with van der Waals surface area (Å²) in [6, 6.07) is 7.38. The lowest BCUT2D eigenvalue weighted by Gasteiger charge is -2.18. The summed E-state index contributed by atoms with van der Waals surface area (Å²) >= 11 is 0. The van der Waals surface area contributed by atoms with Gasteiger partial charge in [-0.3, -0.25) is 9.59 Å². The molecule has 0 amide bonds. The molecule has 0 radical (unpaired) electrons. The number of carboxylic acids is 1. The van der Waals surface area contributed by atoms with Crippen LogP contribution in [0.4, 0.5) is 0 Å². The van der Waals surface area contributed by atoms with Crippen LogP contribution in [0.3, 0.4) is 0 Å². The zero-order valence-electron chi connectivity index (χ0n) is 11.2. The molecule has 3 rings (SSSR count). The Morgan fingerprint density at radius 2 is 1.95 bits per heavy atom. The van der Waals surface area contributed by atoms with Gasteiger partial charge in [0.15, 0.2) is 0 Å². The molecule has 3 aromatic rings. The maximum absolute atomic E-state index is 12.1. The third kappa shape index (κ3) is 1.56. The van der Waals surface area contributed by atoms with Crippen LogP contribution in [0.1, 0.15) is 19.4 Å². The molecular formula is C15H14N2O3. The summed E-state index contributed by atoms with van der Waals surface area (Å²) in [5.41, 5.74) is 0.406. The number of rotatable bonds is 2. The molecule has 0 aliphatic rings. The van der Waals surface area contributed by atoms with Crippen molar-refractivity contribution in [3.63, 3.8) is 0 Å². The van der Waals surface area contributed by atoms with E-state index in [1.165, 1.54) is 0 Å². The summed E-state index contributed by atoms with van der Waals surface area (Å²) in [6.07, 6.45) is 1.61. The van der Waals surface area contributed by atoms with Gasteiger partial charge in [-0.15, -0.1) is 0 Å². The van der Waals surface area contributed by atoms with Crippen LogP contribution in [0.5, 0.6) is 0 Å².